The molecule has 0 aliphatic heterocycles. The smallest absolute Gasteiger partial charge is 0.372 e. The van der Waals surface area contributed by atoms with Crippen LogP contribution in [0.4, 0.5) is 32.0 Å². The highest BCUT2D eigenvalue weighted by atomic mass is 35.5. The van der Waals surface area contributed by atoms with Crippen molar-refractivity contribution in [1.82, 2.24) is 20.2 Å². The number of hydrogen-bond donors (Lipinski definition) is 1. The Balaban J connectivity index is 2.36. The van der Waals surface area contributed by atoms with Gasteiger partial charge >= 0.3 is 6.18 Å². The number of rotatable bonds is 3. The van der Waals surface area contributed by atoms with Crippen LogP contribution in [0.3, 0.4) is 0 Å². The molecule has 0 aliphatic carbocycles. The zero-order valence-corrected chi connectivity index (χ0v) is 14.0. The van der Waals surface area contributed by atoms with Crippen molar-refractivity contribution in [2.45, 2.75) is 19.1 Å². The number of alkyl halides is 3. The van der Waals surface area contributed by atoms with Crippen LogP contribution in [0.5, 0.6) is 0 Å². The molecule has 5 nitrogen and oxygen atoms in total. The Bertz CT molecular complexity index is 1000. The van der Waals surface area contributed by atoms with Gasteiger partial charge in [-0.05, 0) is 6.92 Å². The zero-order chi connectivity index (χ0) is 19.9. The summed E-state index contributed by atoms with van der Waals surface area (Å²) in [5.74, 6) is -3.96. The lowest BCUT2D eigenvalue weighted by Crippen LogP contribution is -2.33. The Kier molecular flexibility index (Phi) is 4.81. The SMILES string of the molecule is C[C@@H](Nc1c(-c2c(F)cc(F)cc2F)c(Cl)nc2nncnc12)C(F)(F)F. The molecule has 1 atom stereocenters. The van der Waals surface area contributed by atoms with Gasteiger partial charge in [0.05, 0.1) is 16.8 Å². The minimum Gasteiger partial charge on any atom is -0.372 e. The predicted octanol–water partition coefficient (Wildman–Crippen LogP) is 4.52. The summed E-state index contributed by atoms with van der Waals surface area (Å²) in [6, 6.07) is -1.40. The maximum absolute atomic E-state index is 14.3. The third kappa shape index (κ3) is 3.59. The van der Waals surface area contributed by atoms with Crippen LogP contribution in [0, 0.1) is 17.5 Å². The first-order chi connectivity index (χ1) is 12.6. The van der Waals surface area contributed by atoms with Crippen molar-refractivity contribution in [1.29, 1.82) is 0 Å². The Labute approximate surface area is 152 Å². The van der Waals surface area contributed by atoms with Crippen molar-refractivity contribution in [2.75, 3.05) is 5.32 Å². The zero-order valence-electron chi connectivity index (χ0n) is 13.2. The molecule has 0 aliphatic rings. The number of halogens is 7. The number of anilines is 1. The van der Waals surface area contributed by atoms with Crippen LogP contribution in [-0.2, 0) is 0 Å². The monoisotopic (exact) mass is 407 g/mol. The van der Waals surface area contributed by atoms with Gasteiger partial charge in [-0.3, -0.25) is 0 Å². The third-order valence-electron chi connectivity index (χ3n) is 3.61. The van der Waals surface area contributed by atoms with Gasteiger partial charge in [0.1, 0.15) is 40.5 Å². The highest BCUT2D eigenvalue weighted by molar-refractivity contribution is 6.33. The standard InChI is InChI=1S/C15H8ClF6N5/c1-5(15(20,21)22)25-11-10(9-7(18)2-6(17)3-8(9)19)13(16)26-14-12(11)23-4-24-27-14/h2-5H,1H3,(H,25,26,27)/t5-/m1/s1. The molecular formula is C15H8ClF6N5. The van der Waals surface area contributed by atoms with Crippen molar-refractivity contribution >= 4 is 28.5 Å². The first kappa shape index (κ1) is 19.1. The maximum atomic E-state index is 14.3. The molecule has 3 aromatic rings. The number of benzene rings is 1. The lowest BCUT2D eigenvalue weighted by atomic mass is 10.0. The summed E-state index contributed by atoms with van der Waals surface area (Å²) in [7, 11) is 0. The van der Waals surface area contributed by atoms with E-state index in [1.54, 1.807) is 0 Å². The Morgan fingerprint density at radius 3 is 2.30 bits per heavy atom. The van der Waals surface area contributed by atoms with E-state index in [0.29, 0.717) is 12.1 Å². The molecule has 0 saturated heterocycles. The van der Waals surface area contributed by atoms with E-state index >= 15 is 0 Å². The molecule has 2 aromatic heterocycles. The lowest BCUT2D eigenvalue weighted by Gasteiger charge is -2.22. The quantitative estimate of drug-likeness (QED) is 0.511. The molecule has 0 bridgehead atoms. The average molecular weight is 408 g/mol. The number of fused-ring (bicyclic) bond motifs is 1. The molecule has 0 saturated carbocycles. The number of hydrogen-bond acceptors (Lipinski definition) is 5. The summed E-state index contributed by atoms with van der Waals surface area (Å²) >= 11 is 5.97. The second-order valence-electron chi connectivity index (χ2n) is 5.44. The molecule has 0 unspecified atom stereocenters. The second kappa shape index (κ2) is 6.80. The number of nitrogens with one attached hydrogen (secondary N) is 1. The van der Waals surface area contributed by atoms with Crippen molar-refractivity contribution in [3.63, 3.8) is 0 Å². The van der Waals surface area contributed by atoms with E-state index in [9.17, 15) is 26.3 Å². The summed E-state index contributed by atoms with van der Waals surface area (Å²) in [6.45, 7) is 0.788. The lowest BCUT2D eigenvalue weighted by molar-refractivity contribution is -0.138. The van der Waals surface area contributed by atoms with Gasteiger partial charge in [-0.15, -0.1) is 10.2 Å². The van der Waals surface area contributed by atoms with Gasteiger partial charge in [0.15, 0.2) is 0 Å². The fraction of sp³-hybridized carbons (Fsp3) is 0.200. The summed E-state index contributed by atoms with van der Waals surface area (Å²) in [5, 5.41) is 8.56. The van der Waals surface area contributed by atoms with Gasteiger partial charge in [-0.2, -0.15) is 13.2 Å². The molecule has 1 N–H and O–H groups in total. The molecule has 0 radical (unpaired) electrons. The van der Waals surface area contributed by atoms with Crippen LogP contribution < -0.4 is 5.32 Å². The molecule has 0 amide bonds. The number of nitrogens with zero attached hydrogens (tertiary/aromatic N) is 4. The van der Waals surface area contributed by atoms with Gasteiger partial charge in [0, 0.05) is 12.1 Å². The van der Waals surface area contributed by atoms with Crippen molar-refractivity contribution in [3.05, 3.63) is 41.1 Å². The number of pyridine rings is 1. The first-order valence-electron chi connectivity index (χ1n) is 7.24. The van der Waals surface area contributed by atoms with Crippen LogP contribution in [0.2, 0.25) is 5.15 Å². The Morgan fingerprint density at radius 1 is 1.07 bits per heavy atom. The molecule has 12 heteroatoms. The van der Waals surface area contributed by atoms with E-state index in [1.807, 2.05) is 0 Å². The van der Waals surface area contributed by atoms with E-state index in [0.717, 1.165) is 13.3 Å². The Hall–Kier alpha value is -2.69. The molecule has 1 aromatic carbocycles. The van der Waals surface area contributed by atoms with Crippen LogP contribution in [0.25, 0.3) is 22.3 Å². The van der Waals surface area contributed by atoms with Gasteiger partial charge < -0.3 is 5.32 Å². The summed E-state index contributed by atoms with van der Waals surface area (Å²) in [6.07, 6.45) is -3.78. The van der Waals surface area contributed by atoms with E-state index in [4.69, 9.17) is 11.6 Å². The average Bonchev–Trinajstić information content (AvgIpc) is 2.55. The van der Waals surface area contributed by atoms with Gasteiger partial charge in [0.2, 0.25) is 5.65 Å². The third-order valence-corrected chi connectivity index (χ3v) is 3.88. The van der Waals surface area contributed by atoms with Crippen molar-refractivity contribution in [3.8, 4) is 11.1 Å². The van der Waals surface area contributed by atoms with E-state index in [2.05, 4.69) is 25.5 Å². The van der Waals surface area contributed by atoms with Crippen LogP contribution in [0.15, 0.2) is 18.5 Å². The summed E-state index contributed by atoms with van der Waals surface area (Å²) in [5.41, 5.74) is -2.36. The largest absolute Gasteiger partial charge is 0.408 e. The van der Waals surface area contributed by atoms with Crippen LogP contribution >= 0.6 is 11.6 Å². The van der Waals surface area contributed by atoms with E-state index in [1.165, 1.54) is 0 Å². The molecule has 2 heterocycles. The predicted molar refractivity (Wildman–Crippen MR) is 84.6 cm³/mol. The van der Waals surface area contributed by atoms with Gasteiger partial charge in [-0.25, -0.2) is 23.1 Å². The molecule has 27 heavy (non-hydrogen) atoms. The molecule has 3 rings (SSSR count). The molecule has 0 spiro atoms. The van der Waals surface area contributed by atoms with E-state index < -0.39 is 51.6 Å². The summed E-state index contributed by atoms with van der Waals surface area (Å²) < 4.78 is 80.8. The molecule has 142 valence electrons. The fourth-order valence-corrected chi connectivity index (χ4v) is 2.61. The molecular weight excluding hydrogens is 400 g/mol. The van der Waals surface area contributed by atoms with Crippen LogP contribution in [0.1, 0.15) is 6.92 Å². The first-order valence-corrected chi connectivity index (χ1v) is 7.62. The van der Waals surface area contributed by atoms with Crippen molar-refractivity contribution in [2.24, 2.45) is 0 Å². The highest BCUT2D eigenvalue weighted by Crippen LogP contribution is 2.41. The van der Waals surface area contributed by atoms with Crippen LogP contribution in [-0.4, -0.2) is 32.4 Å². The van der Waals surface area contributed by atoms with Gasteiger partial charge in [0.25, 0.3) is 0 Å². The van der Waals surface area contributed by atoms with E-state index in [-0.39, 0.29) is 11.2 Å². The highest BCUT2D eigenvalue weighted by Gasteiger charge is 2.37. The summed E-state index contributed by atoms with van der Waals surface area (Å²) in [4.78, 5) is 7.54. The second-order valence-corrected chi connectivity index (χ2v) is 5.79. The maximum Gasteiger partial charge on any atom is 0.408 e. The minimum absolute atomic E-state index is 0.244. The topological polar surface area (TPSA) is 63.6 Å². The molecule has 0 fully saturated rings. The minimum atomic E-state index is -4.69. The fourth-order valence-electron chi connectivity index (χ4n) is 2.34. The van der Waals surface area contributed by atoms with Gasteiger partial charge in [-0.1, -0.05) is 11.6 Å². The van der Waals surface area contributed by atoms with Crippen molar-refractivity contribution < 1.29 is 26.3 Å². The Morgan fingerprint density at radius 2 is 1.70 bits per heavy atom. The normalized spacial score (nSPS) is 13.0. The number of aromatic nitrogens is 4.